The number of hydrogen-bond acceptors (Lipinski definition) is 2. The van der Waals surface area contributed by atoms with Crippen molar-refractivity contribution in [3.05, 3.63) is 125 Å². The summed E-state index contributed by atoms with van der Waals surface area (Å²) in [5, 5.41) is 12.2. The van der Waals surface area contributed by atoms with Crippen LogP contribution in [-0.4, -0.2) is 0 Å². The molecule has 0 unspecified atom stereocenters. The summed E-state index contributed by atoms with van der Waals surface area (Å²) in [5.74, 6) is 1.24. The molecule has 1 aliphatic rings. The molecule has 1 fully saturated rings. The van der Waals surface area contributed by atoms with Crippen LogP contribution in [0.4, 0.5) is 0 Å². The molecule has 0 saturated heterocycles. The minimum Gasteiger partial charge on any atom is -0.454 e. The zero-order valence-electron chi connectivity index (χ0n) is 24.5. The van der Waals surface area contributed by atoms with E-state index >= 15 is 0 Å². The van der Waals surface area contributed by atoms with Gasteiger partial charge in [-0.1, -0.05) is 60.7 Å². The molecule has 1 aliphatic carbocycles. The molecule has 206 valence electrons. The van der Waals surface area contributed by atoms with Crippen molar-refractivity contribution in [2.24, 2.45) is 7.05 Å². The molecule has 2 aromatic heterocycles. The van der Waals surface area contributed by atoms with Crippen LogP contribution in [0.25, 0.3) is 44.3 Å². The molecule has 0 spiro atoms. The molecule has 0 aliphatic heterocycles. The van der Waals surface area contributed by atoms with Gasteiger partial charge < -0.3 is 4.42 Å². The average molecular weight is 548 g/mol. The van der Waals surface area contributed by atoms with Crippen LogP contribution in [0, 0.1) is 25.2 Å². The van der Waals surface area contributed by atoms with E-state index in [1.54, 1.807) is 0 Å². The zero-order valence-corrected chi connectivity index (χ0v) is 24.5. The van der Waals surface area contributed by atoms with Crippen LogP contribution in [0.15, 0.2) is 102 Å². The van der Waals surface area contributed by atoms with E-state index in [2.05, 4.69) is 111 Å². The Bertz CT molecular complexity index is 1980. The number of benzene rings is 4. The monoisotopic (exact) mass is 547 g/mol. The highest BCUT2D eigenvalue weighted by molar-refractivity contribution is 6.14. The summed E-state index contributed by atoms with van der Waals surface area (Å²) in [5.41, 5.74) is 11.9. The molecule has 0 N–H and O–H groups in total. The number of aromatic nitrogens is 1. The molecule has 42 heavy (non-hydrogen) atoms. The highest BCUT2D eigenvalue weighted by Gasteiger charge is 2.26. The lowest BCUT2D eigenvalue weighted by Gasteiger charge is -2.30. The molecule has 1 saturated carbocycles. The molecule has 0 amide bonds. The van der Waals surface area contributed by atoms with Gasteiger partial charge in [0.05, 0.1) is 17.2 Å². The number of nitriles is 1. The van der Waals surface area contributed by atoms with Crippen molar-refractivity contribution in [2.45, 2.75) is 51.4 Å². The van der Waals surface area contributed by atoms with Crippen molar-refractivity contribution in [1.29, 1.82) is 5.26 Å². The predicted molar refractivity (Wildman–Crippen MR) is 170 cm³/mol. The Labute approximate surface area is 247 Å². The number of fused-ring (bicyclic) bond motifs is 3. The summed E-state index contributed by atoms with van der Waals surface area (Å²) in [4.78, 5) is 0. The summed E-state index contributed by atoms with van der Waals surface area (Å²) < 4.78 is 8.88. The second kappa shape index (κ2) is 10.6. The predicted octanol–water partition coefficient (Wildman–Crippen LogP) is 9.67. The lowest BCUT2D eigenvalue weighted by atomic mass is 9.75. The first-order chi connectivity index (χ1) is 20.5. The molecule has 3 heteroatoms. The first-order valence-corrected chi connectivity index (χ1v) is 15.0. The maximum atomic E-state index is 10.1. The van der Waals surface area contributed by atoms with Crippen LogP contribution in [-0.2, 0) is 7.05 Å². The second-order valence-corrected chi connectivity index (χ2v) is 11.9. The third-order valence-electron chi connectivity index (χ3n) is 9.48. The summed E-state index contributed by atoms with van der Waals surface area (Å²) in [6.07, 6.45) is 6.94. The largest absolute Gasteiger partial charge is 0.454 e. The van der Waals surface area contributed by atoms with Crippen LogP contribution in [0.3, 0.4) is 0 Å². The van der Waals surface area contributed by atoms with Crippen molar-refractivity contribution in [3.63, 3.8) is 0 Å². The molecule has 4 aromatic carbocycles. The fourth-order valence-electron chi connectivity index (χ4n) is 7.19. The van der Waals surface area contributed by atoms with Gasteiger partial charge in [0.15, 0.2) is 6.20 Å². The highest BCUT2D eigenvalue weighted by Crippen LogP contribution is 2.44. The smallest absolute Gasteiger partial charge is 0.216 e. The van der Waals surface area contributed by atoms with E-state index in [0.717, 1.165) is 49.9 Å². The molecule has 2 heterocycles. The first kappa shape index (κ1) is 26.2. The lowest BCUT2D eigenvalue weighted by molar-refractivity contribution is -0.660. The Balaban J connectivity index is 1.26. The third kappa shape index (κ3) is 4.39. The minimum absolute atomic E-state index is 0.578. The third-order valence-corrected chi connectivity index (χ3v) is 9.48. The SMILES string of the molecule is Cc1ccccc1C1CCC(c2ccc(-c3c(C#N)ccc4c3oc3c(-c5cccc[n+]5C)c(C)ccc34)cc2)CC1. The van der Waals surface area contributed by atoms with Gasteiger partial charge in [0.25, 0.3) is 0 Å². The van der Waals surface area contributed by atoms with Gasteiger partial charge in [-0.15, -0.1) is 0 Å². The zero-order chi connectivity index (χ0) is 28.8. The number of nitrogens with zero attached hydrogens (tertiary/aromatic N) is 2. The number of furan rings is 1. The van der Waals surface area contributed by atoms with Crippen molar-refractivity contribution in [1.82, 2.24) is 0 Å². The molecular weight excluding hydrogens is 512 g/mol. The Morgan fingerprint density at radius 1 is 0.690 bits per heavy atom. The van der Waals surface area contributed by atoms with Gasteiger partial charge in [-0.3, -0.25) is 0 Å². The highest BCUT2D eigenvalue weighted by atomic mass is 16.3. The van der Waals surface area contributed by atoms with E-state index in [0.29, 0.717) is 17.4 Å². The number of pyridine rings is 1. The molecule has 3 nitrogen and oxygen atoms in total. The van der Waals surface area contributed by atoms with Crippen LogP contribution in [0.2, 0.25) is 0 Å². The summed E-state index contributed by atoms with van der Waals surface area (Å²) in [7, 11) is 2.06. The Hall–Kier alpha value is -4.68. The number of rotatable bonds is 4. The first-order valence-electron chi connectivity index (χ1n) is 15.0. The van der Waals surface area contributed by atoms with Gasteiger partial charge in [-0.2, -0.15) is 5.26 Å². The fraction of sp³-hybridized carbons (Fsp3) is 0.231. The van der Waals surface area contributed by atoms with Crippen molar-refractivity contribution in [2.75, 3.05) is 0 Å². The standard InChI is InChI=1S/C39H35N2O/c1-25-8-4-5-9-32(25)29-16-12-27(13-17-29)28-14-18-30(19-15-28)37-31(24-40)20-22-34-33-21-11-26(2)36(38(33)42-39(34)37)35-10-6-7-23-41(35)3/h4-11,14-15,18-23,27,29H,12-13,16-17H2,1-3H3/q+1. The van der Waals surface area contributed by atoms with Crippen LogP contribution >= 0.6 is 0 Å². The number of aryl methyl sites for hydroxylation is 3. The van der Waals surface area contributed by atoms with Gasteiger partial charge in [-0.05, 0) is 97.4 Å². The fourth-order valence-corrected chi connectivity index (χ4v) is 7.19. The summed E-state index contributed by atoms with van der Waals surface area (Å²) in [6.45, 7) is 4.37. The summed E-state index contributed by atoms with van der Waals surface area (Å²) >= 11 is 0. The summed E-state index contributed by atoms with van der Waals surface area (Å²) in [6, 6.07) is 34.7. The molecule has 0 bridgehead atoms. The molecular formula is C39H35N2O+. The Morgan fingerprint density at radius 2 is 1.36 bits per heavy atom. The topological polar surface area (TPSA) is 40.8 Å². The molecule has 0 atom stereocenters. The van der Waals surface area contributed by atoms with E-state index in [1.165, 1.54) is 42.4 Å². The Morgan fingerprint density at radius 3 is 2.07 bits per heavy atom. The van der Waals surface area contributed by atoms with E-state index in [9.17, 15) is 5.26 Å². The van der Waals surface area contributed by atoms with E-state index in [4.69, 9.17) is 4.42 Å². The van der Waals surface area contributed by atoms with E-state index < -0.39 is 0 Å². The van der Waals surface area contributed by atoms with Gasteiger partial charge in [0, 0.05) is 28.5 Å². The number of hydrogen-bond donors (Lipinski definition) is 0. The van der Waals surface area contributed by atoms with Crippen molar-refractivity contribution >= 4 is 21.9 Å². The van der Waals surface area contributed by atoms with Gasteiger partial charge in [0.1, 0.15) is 18.2 Å². The van der Waals surface area contributed by atoms with E-state index in [1.807, 2.05) is 18.2 Å². The minimum atomic E-state index is 0.578. The van der Waals surface area contributed by atoms with Crippen molar-refractivity contribution < 1.29 is 8.98 Å². The van der Waals surface area contributed by atoms with Gasteiger partial charge >= 0.3 is 0 Å². The molecule has 7 rings (SSSR count). The average Bonchev–Trinajstić information content (AvgIpc) is 3.40. The quantitative estimate of drug-likeness (QED) is 0.206. The van der Waals surface area contributed by atoms with Gasteiger partial charge in [0.2, 0.25) is 5.69 Å². The lowest BCUT2D eigenvalue weighted by Crippen LogP contribution is -2.30. The van der Waals surface area contributed by atoms with E-state index in [-0.39, 0.29) is 0 Å². The molecule has 0 radical (unpaired) electrons. The normalized spacial score (nSPS) is 17.0. The Kier molecular flexibility index (Phi) is 6.63. The van der Waals surface area contributed by atoms with Crippen LogP contribution < -0.4 is 4.57 Å². The maximum Gasteiger partial charge on any atom is 0.216 e. The molecule has 6 aromatic rings. The maximum absolute atomic E-state index is 10.1. The van der Waals surface area contributed by atoms with Crippen LogP contribution in [0.1, 0.15) is 65.3 Å². The van der Waals surface area contributed by atoms with Crippen molar-refractivity contribution in [3.8, 4) is 28.5 Å². The van der Waals surface area contributed by atoms with Gasteiger partial charge in [-0.25, -0.2) is 4.57 Å². The second-order valence-electron chi connectivity index (χ2n) is 11.9. The van der Waals surface area contributed by atoms with Crippen LogP contribution in [0.5, 0.6) is 0 Å².